The molecule has 2 rings (SSSR count). The van der Waals surface area contributed by atoms with Crippen LogP contribution in [-0.2, 0) is 0 Å². The van der Waals surface area contributed by atoms with Gasteiger partial charge in [-0.25, -0.2) is 9.97 Å². The Morgan fingerprint density at radius 2 is 2.40 bits per heavy atom. The number of nitrogens with zero attached hydrogens (tertiary/aromatic N) is 3. The van der Waals surface area contributed by atoms with Crippen LogP contribution in [0.4, 0.5) is 5.95 Å². The van der Waals surface area contributed by atoms with Gasteiger partial charge in [-0.05, 0) is 32.5 Å². The van der Waals surface area contributed by atoms with Crippen LogP contribution in [0.25, 0.3) is 0 Å². The van der Waals surface area contributed by atoms with Crippen LogP contribution < -0.4 is 5.32 Å². The molecule has 4 nitrogen and oxygen atoms in total. The number of likely N-dealkylation sites (N-methyl/N-ethyl adjacent to an activating group) is 1. The molecule has 1 N–H and O–H groups in total. The van der Waals surface area contributed by atoms with E-state index in [4.69, 9.17) is 0 Å². The van der Waals surface area contributed by atoms with Gasteiger partial charge in [-0.2, -0.15) is 0 Å². The Morgan fingerprint density at radius 1 is 1.53 bits per heavy atom. The number of hydrogen-bond donors (Lipinski definition) is 1. The molecular weight excluding hydrogens is 188 g/mol. The lowest BCUT2D eigenvalue weighted by atomic mass is 9.95. The average molecular weight is 206 g/mol. The summed E-state index contributed by atoms with van der Waals surface area (Å²) < 4.78 is 0. The molecule has 0 saturated carbocycles. The Bertz CT molecular complexity index is 326. The highest BCUT2D eigenvalue weighted by Crippen LogP contribution is 2.24. The molecule has 2 heterocycles. The molecule has 0 amide bonds. The fourth-order valence-electron chi connectivity index (χ4n) is 2.13. The van der Waals surface area contributed by atoms with Crippen molar-refractivity contribution in [2.45, 2.75) is 18.8 Å². The van der Waals surface area contributed by atoms with Gasteiger partial charge in [-0.15, -0.1) is 0 Å². The molecule has 15 heavy (non-hydrogen) atoms. The van der Waals surface area contributed by atoms with Crippen molar-refractivity contribution in [3.8, 4) is 0 Å². The van der Waals surface area contributed by atoms with E-state index in [0.29, 0.717) is 5.92 Å². The van der Waals surface area contributed by atoms with Gasteiger partial charge in [0, 0.05) is 25.7 Å². The molecule has 1 aromatic heterocycles. The van der Waals surface area contributed by atoms with Crippen LogP contribution in [-0.4, -0.2) is 42.1 Å². The molecule has 1 fully saturated rings. The molecular formula is C11H18N4. The summed E-state index contributed by atoms with van der Waals surface area (Å²) in [7, 11) is 4.03. The van der Waals surface area contributed by atoms with E-state index >= 15 is 0 Å². The highest BCUT2D eigenvalue weighted by molar-refractivity contribution is 5.25. The minimum absolute atomic E-state index is 0.568. The smallest absolute Gasteiger partial charge is 0.222 e. The van der Waals surface area contributed by atoms with E-state index in [9.17, 15) is 0 Å². The molecule has 0 spiro atoms. The molecule has 82 valence electrons. The first-order valence-electron chi connectivity index (χ1n) is 5.49. The number of piperidine rings is 1. The van der Waals surface area contributed by atoms with Gasteiger partial charge in [0.15, 0.2) is 0 Å². The van der Waals surface area contributed by atoms with E-state index in [-0.39, 0.29) is 0 Å². The number of anilines is 1. The topological polar surface area (TPSA) is 41.1 Å². The van der Waals surface area contributed by atoms with Gasteiger partial charge < -0.3 is 10.2 Å². The maximum absolute atomic E-state index is 4.50. The highest BCUT2D eigenvalue weighted by Gasteiger charge is 2.20. The maximum atomic E-state index is 4.50. The molecule has 1 saturated heterocycles. The van der Waals surface area contributed by atoms with Gasteiger partial charge in [-0.1, -0.05) is 0 Å². The van der Waals surface area contributed by atoms with Gasteiger partial charge in [0.2, 0.25) is 5.95 Å². The van der Waals surface area contributed by atoms with E-state index in [2.05, 4.69) is 27.2 Å². The minimum atomic E-state index is 0.568. The molecule has 1 unspecified atom stereocenters. The first kappa shape index (κ1) is 10.4. The van der Waals surface area contributed by atoms with E-state index in [1.807, 2.05) is 19.3 Å². The number of hydrogen-bond acceptors (Lipinski definition) is 4. The molecule has 1 atom stereocenters. The van der Waals surface area contributed by atoms with E-state index in [1.165, 1.54) is 25.1 Å². The first-order valence-corrected chi connectivity index (χ1v) is 5.49. The monoisotopic (exact) mass is 206 g/mol. The molecule has 0 bridgehead atoms. The summed E-state index contributed by atoms with van der Waals surface area (Å²) in [5, 5.41) is 2.98. The van der Waals surface area contributed by atoms with Crippen molar-refractivity contribution in [1.82, 2.24) is 14.9 Å². The van der Waals surface area contributed by atoms with Crippen LogP contribution in [0.15, 0.2) is 12.3 Å². The molecule has 1 aromatic rings. The number of nitrogens with one attached hydrogen (secondary N) is 1. The van der Waals surface area contributed by atoms with Crippen LogP contribution in [0.5, 0.6) is 0 Å². The fraction of sp³-hybridized carbons (Fsp3) is 0.636. The van der Waals surface area contributed by atoms with Crippen LogP contribution in [0.2, 0.25) is 0 Å². The van der Waals surface area contributed by atoms with Crippen molar-refractivity contribution < 1.29 is 0 Å². The van der Waals surface area contributed by atoms with Crippen molar-refractivity contribution in [3.05, 3.63) is 18.0 Å². The van der Waals surface area contributed by atoms with Crippen molar-refractivity contribution in [1.29, 1.82) is 0 Å². The lowest BCUT2D eigenvalue weighted by molar-refractivity contribution is 0.248. The predicted octanol–water partition coefficient (Wildman–Crippen LogP) is 1.33. The summed E-state index contributed by atoms with van der Waals surface area (Å²) in [4.78, 5) is 11.0. The van der Waals surface area contributed by atoms with Crippen molar-refractivity contribution >= 4 is 5.95 Å². The minimum Gasteiger partial charge on any atom is -0.357 e. The van der Waals surface area contributed by atoms with Crippen LogP contribution in [0, 0.1) is 0 Å². The van der Waals surface area contributed by atoms with Crippen LogP contribution in [0.3, 0.4) is 0 Å². The third-order valence-corrected chi connectivity index (χ3v) is 2.94. The number of aromatic nitrogens is 2. The maximum Gasteiger partial charge on any atom is 0.222 e. The Labute approximate surface area is 90.7 Å². The fourth-order valence-corrected chi connectivity index (χ4v) is 2.13. The lowest BCUT2D eigenvalue weighted by Gasteiger charge is -2.29. The summed E-state index contributed by atoms with van der Waals surface area (Å²) in [5.41, 5.74) is 1.17. The van der Waals surface area contributed by atoms with Gasteiger partial charge in [0.25, 0.3) is 0 Å². The van der Waals surface area contributed by atoms with Crippen molar-refractivity contribution in [3.63, 3.8) is 0 Å². The van der Waals surface area contributed by atoms with Gasteiger partial charge >= 0.3 is 0 Å². The zero-order chi connectivity index (χ0) is 10.7. The van der Waals surface area contributed by atoms with Crippen molar-refractivity contribution in [2.75, 3.05) is 32.5 Å². The lowest BCUT2D eigenvalue weighted by Crippen LogP contribution is -2.31. The van der Waals surface area contributed by atoms with E-state index in [0.717, 1.165) is 12.5 Å². The van der Waals surface area contributed by atoms with Gasteiger partial charge in [0.05, 0.1) is 5.69 Å². The second-order valence-electron chi connectivity index (χ2n) is 4.16. The third-order valence-electron chi connectivity index (χ3n) is 2.94. The molecule has 4 heteroatoms. The molecule has 0 radical (unpaired) electrons. The second kappa shape index (κ2) is 4.57. The summed E-state index contributed by atoms with van der Waals surface area (Å²) in [5.74, 6) is 1.29. The average Bonchev–Trinajstić information content (AvgIpc) is 2.29. The van der Waals surface area contributed by atoms with Crippen LogP contribution in [0.1, 0.15) is 24.5 Å². The quantitative estimate of drug-likeness (QED) is 0.792. The zero-order valence-corrected chi connectivity index (χ0v) is 9.40. The SMILES string of the molecule is CNc1nccc(C2CCCN(C)C2)n1. The Hall–Kier alpha value is -1.16. The summed E-state index contributed by atoms with van der Waals surface area (Å²) in [6, 6.07) is 2.03. The normalized spacial score (nSPS) is 22.7. The number of rotatable bonds is 2. The Kier molecular flexibility index (Phi) is 3.16. The highest BCUT2D eigenvalue weighted by atomic mass is 15.1. The van der Waals surface area contributed by atoms with Gasteiger partial charge in [-0.3, -0.25) is 0 Å². The standard InChI is InChI=1S/C11H18N4/c1-12-11-13-6-5-10(14-11)9-4-3-7-15(2)8-9/h5-6,9H,3-4,7-8H2,1-2H3,(H,12,13,14). The summed E-state index contributed by atoms with van der Waals surface area (Å²) >= 11 is 0. The van der Waals surface area contributed by atoms with Gasteiger partial charge in [0.1, 0.15) is 0 Å². The molecule has 1 aliphatic heterocycles. The van der Waals surface area contributed by atoms with Crippen molar-refractivity contribution in [2.24, 2.45) is 0 Å². The van der Waals surface area contributed by atoms with E-state index < -0.39 is 0 Å². The Morgan fingerprint density at radius 3 is 3.13 bits per heavy atom. The summed E-state index contributed by atoms with van der Waals surface area (Å²) in [6.45, 7) is 2.32. The molecule has 1 aliphatic rings. The largest absolute Gasteiger partial charge is 0.357 e. The van der Waals surface area contributed by atoms with E-state index in [1.54, 1.807) is 0 Å². The first-order chi connectivity index (χ1) is 7.29. The Balaban J connectivity index is 2.13. The molecule has 0 aliphatic carbocycles. The zero-order valence-electron chi connectivity index (χ0n) is 9.40. The summed E-state index contributed by atoms with van der Waals surface area (Å²) in [6.07, 6.45) is 4.34. The van der Waals surface area contributed by atoms with Crippen LogP contribution >= 0.6 is 0 Å². The third kappa shape index (κ3) is 2.45. The second-order valence-corrected chi connectivity index (χ2v) is 4.16. The number of likely N-dealkylation sites (tertiary alicyclic amines) is 1. The predicted molar refractivity (Wildman–Crippen MR) is 61.1 cm³/mol. The molecule has 0 aromatic carbocycles.